The number of benzene rings is 3. The quantitative estimate of drug-likeness (QED) is 0.335. The van der Waals surface area contributed by atoms with Crippen LogP contribution >= 0.6 is 0 Å². The number of halogens is 6. The molecule has 0 aliphatic heterocycles. The summed E-state index contributed by atoms with van der Waals surface area (Å²) in [4.78, 5) is 0. The summed E-state index contributed by atoms with van der Waals surface area (Å²) >= 11 is 0. The van der Waals surface area contributed by atoms with Crippen LogP contribution in [0.25, 0.3) is 0 Å². The fourth-order valence-electron chi connectivity index (χ4n) is 3.00. The zero-order chi connectivity index (χ0) is 26.4. The first-order chi connectivity index (χ1) is 16.1. The molecule has 0 radical (unpaired) electrons. The van der Waals surface area contributed by atoms with Crippen molar-refractivity contribution in [1.29, 1.82) is 0 Å². The Balaban J connectivity index is 0.000000251. The number of alkyl halides is 6. The van der Waals surface area contributed by atoms with E-state index in [-0.39, 0.29) is 12.4 Å². The first kappa shape index (κ1) is 28.1. The minimum atomic E-state index is -4.40. The van der Waals surface area contributed by atoms with Crippen molar-refractivity contribution in [2.45, 2.75) is 59.2 Å². The second kappa shape index (κ2) is 11.1. The van der Waals surface area contributed by atoms with Crippen molar-refractivity contribution in [3.05, 3.63) is 94.5 Å². The van der Waals surface area contributed by atoms with Gasteiger partial charge in [0.05, 0.1) is 11.1 Å². The van der Waals surface area contributed by atoms with Crippen LogP contribution in [0.3, 0.4) is 0 Å². The van der Waals surface area contributed by atoms with Crippen molar-refractivity contribution in [2.75, 3.05) is 0 Å². The summed E-state index contributed by atoms with van der Waals surface area (Å²) in [6.45, 7) is 8.90. The van der Waals surface area contributed by atoms with Crippen molar-refractivity contribution in [3.8, 4) is 11.5 Å². The molecule has 0 fully saturated rings. The number of rotatable bonds is 4. The largest absolute Gasteiger partial charge is 0.488 e. The second-order valence-corrected chi connectivity index (χ2v) is 8.96. The Kier molecular flexibility index (Phi) is 8.87. The summed E-state index contributed by atoms with van der Waals surface area (Å²) in [6, 6.07) is 16.7. The standard InChI is InChI=1S/C15H13F3O.C12H15F3O/c1-11-7-8-14(13(9-11)15(16,17)18)19-10-12-5-3-2-4-6-12;1-8-7-9(12(13,14)15)5-6-10(8)16-11(2,3)4/h2-9H,10H2,1H3;5-7H,1-4H3. The van der Waals surface area contributed by atoms with Gasteiger partial charge in [0.15, 0.2) is 0 Å². The van der Waals surface area contributed by atoms with Crippen molar-refractivity contribution in [3.63, 3.8) is 0 Å². The molecule has 190 valence electrons. The monoisotopic (exact) mass is 498 g/mol. The van der Waals surface area contributed by atoms with Crippen LogP contribution < -0.4 is 9.47 Å². The summed E-state index contributed by atoms with van der Waals surface area (Å²) in [7, 11) is 0. The van der Waals surface area contributed by atoms with E-state index in [9.17, 15) is 26.3 Å². The van der Waals surface area contributed by atoms with Crippen LogP contribution in [-0.4, -0.2) is 5.60 Å². The average molecular weight is 499 g/mol. The molecular formula is C27H28F6O2. The highest BCUT2D eigenvalue weighted by Crippen LogP contribution is 2.37. The van der Waals surface area contributed by atoms with Crippen LogP contribution in [0, 0.1) is 13.8 Å². The van der Waals surface area contributed by atoms with Gasteiger partial charge >= 0.3 is 12.4 Å². The maximum atomic E-state index is 12.9. The van der Waals surface area contributed by atoms with Crippen LogP contribution in [-0.2, 0) is 19.0 Å². The fourth-order valence-corrected chi connectivity index (χ4v) is 3.00. The van der Waals surface area contributed by atoms with E-state index in [1.807, 2.05) is 39.0 Å². The Hall–Kier alpha value is -3.16. The lowest BCUT2D eigenvalue weighted by Crippen LogP contribution is -2.23. The Bertz CT molecular complexity index is 1100. The van der Waals surface area contributed by atoms with Gasteiger partial charge in [0.1, 0.15) is 23.7 Å². The van der Waals surface area contributed by atoms with E-state index in [2.05, 4.69) is 0 Å². The molecule has 3 aromatic carbocycles. The molecule has 0 saturated heterocycles. The zero-order valence-electron chi connectivity index (χ0n) is 20.1. The summed E-state index contributed by atoms with van der Waals surface area (Å²) in [6.07, 6.45) is -8.71. The van der Waals surface area contributed by atoms with Gasteiger partial charge in [-0.3, -0.25) is 0 Å². The lowest BCUT2D eigenvalue weighted by molar-refractivity contribution is -0.139. The number of aryl methyl sites for hydroxylation is 2. The van der Waals surface area contributed by atoms with Crippen LogP contribution in [0.4, 0.5) is 26.3 Å². The molecule has 0 aliphatic carbocycles. The highest BCUT2D eigenvalue weighted by atomic mass is 19.4. The molecule has 0 bridgehead atoms. The molecule has 0 unspecified atom stereocenters. The van der Waals surface area contributed by atoms with Crippen LogP contribution in [0.5, 0.6) is 11.5 Å². The third-order valence-electron chi connectivity index (χ3n) is 4.60. The third-order valence-corrected chi connectivity index (χ3v) is 4.60. The maximum absolute atomic E-state index is 12.9. The van der Waals surface area contributed by atoms with Crippen LogP contribution in [0.1, 0.15) is 48.6 Å². The molecule has 3 rings (SSSR count). The van der Waals surface area contributed by atoms with E-state index < -0.39 is 29.1 Å². The van der Waals surface area contributed by atoms with Crippen LogP contribution in [0.15, 0.2) is 66.7 Å². The SMILES string of the molecule is Cc1cc(C(F)(F)F)ccc1OC(C)(C)C.Cc1ccc(OCc2ccccc2)c(C(F)(F)F)c1. The number of hydrogen-bond donors (Lipinski definition) is 0. The summed E-state index contributed by atoms with van der Waals surface area (Å²) in [5.41, 5.74) is 0.0832. The van der Waals surface area contributed by atoms with E-state index >= 15 is 0 Å². The molecular weight excluding hydrogens is 470 g/mol. The molecule has 8 heteroatoms. The second-order valence-electron chi connectivity index (χ2n) is 8.96. The normalized spacial score (nSPS) is 12.0. The predicted octanol–water partition coefficient (Wildman–Crippen LogP) is 8.78. The van der Waals surface area contributed by atoms with Crippen LogP contribution in [0.2, 0.25) is 0 Å². The zero-order valence-corrected chi connectivity index (χ0v) is 20.1. The first-order valence-electron chi connectivity index (χ1n) is 10.8. The predicted molar refractivity (Wildman–Crippen MR) is 124 cm³/mol. The van der Waals surface area contributed by atoms with E-state index in [0.29, 0.717) is 16.9 Å². The van der Waals surface area contributed by atoms with Gasteiger partial charge in [-0.2, -0.15) is 26.3 Å². The Labute approximate surface area is 201 Å². The van der Waals surface area contributed by atoms with E-state index in [4.69, 9.17) is 9.47 Å². The molecule has 0 heterocycles. The third kappa shape index (κ3) is 9.19. The molecule has 0 N–H and O–H groups in total. The lowest BCUT2D eigenvalue weighted by Gasteiger charge is -2.23. The Morgan fingerprint density at radius 2 is 1.29 bits per heavy atom. The lowest BCUT2D eigenvalue weighted by atomic mass is 10.1. The fraction of sp³-hybridized carbons (Fsp3) is 0.333. The molecule has 0 aliphatic rings. The minimum Gasteiger partial charge on any atom is -0.488 e. The maximum Gasteiger partial charge on any atom is 0.419 e. The van der Waals surface area contributed by atoms with Gasteiger partial charge in [-0.15, -0.1) is 0 Å². The average Bonchev–Trinajstić information content (AvgIpc) is 2.73. The smallest absolute Gasteiger partial charge is 0.419 e. The van der Waals surface area contributed by atoms with Crippen molar-refractivity contribution in [1.82, 2.24) is 0 Å². The molecule has 3 aromatic rings. The van der Waals surface area contributed by atoms with Gasteiger partial charge in [-0.25, -0.2) is 0 Å². The first-order valence-corrected chi connectivity index (χ1v) is 10.8. The molecule has 0 saturated carbocycles. The molecule has 35 heavy (non-hydrogen) atoms. The molecule has 2 nitrogen and oxygen atoms in total. The Morgan fingerprint density at radius 1 is 0.686 bits per heavy atom. The summed E-state index contributed by atoms with van der Waals surface area (Å²) in [5, 5.41) is 0. The van der Waals surface area contributed by atoms with E-state index in [0.717, 1.165) is 23.8 Å². The van der Waals surface area contributed by atoms with E-state index in [1.165, 1.54) is 12.1 Å². The number of hydrogen-bond acceptors (Lipinski definition) is 2. The van der Waals surface area contributed by atoms with Gasteiger partial charge in [0, 0.05) is 0 Å². The van der Waals surface area contributed by atoms with Gasteiger partial charge in [-0.05, 0) is 76.1 Å². The summed E-state index contributed by atoms with van der Waals surface area (Å²) < 4.78 is 86.6. The van der Waals surface area contributed by atoms with Crippen molar-refractivity contribution < 1.29 is 35.8 Å². The number of ether oxygens (including phenoxy) is 2. The van der Waals surface area contributed by atoms with Crippen molar-refractivity contribution in [2.24, 2.45) is 0 Å². The summed E-state index contributed by atoms with van der Waals surface area (Å²) in [5.74, 6) is 0.349. The Morgan fingerprint density at radius 3 is 1.80 bits per heavy atom. The molecule has 0 aromatic heterocycles. The molecule has 0 atom stereocenters. The van der Waals surface area contributed by atoms with E-state index in [1.54, 1.807) is 32.0 Å². The minimum absolute atomic E-state index is 0.118. The highest BCUT2D eigenvalue weighted by Gasteiger charge is 2.34. The highest BCUT2D eigenvalue weighted by molar-refractivity contribution is 5.39. The van der Waals surface area contributed by atoms with Gasteiger partial charge < -0.3 is 9.47 Å². The topological polar surface area (TPSA) is 18.5 Å². The van der Waals surface area contributed by atoms with Gasteiger partial charge in [0.2, 0.25) is 0 Å². The van der Waals surface area contributed by atoms with Gasteiger partial charge in [0.25, 0.3) is 0 Å². The molecule has 0 amide bonds. The molecule has 0 spiro atoms. The van der Waals surface area contributed by atoms with Gasteiger partial charge in [-0.1, -0.05) is 42.0 Å². The van der Waals surface area contributed by atoms with Crippen molar-refractivity contribution >= 4 is 0 Å².